The zero-order chi connectivity index (χ0) is 33.0. The maximum Gasteiger partial charge on any atom is 0.0469 e. The normalized spacial score (nSPS) is 18.7. The molecule has 0 atom stereocenters. The molecule has 232 valence electrons. The van der Waals surface area contributed by atoms with Gasteiger partial charge in [0.2, 0.25) is 0 Å². The van der Waals surface area contributed by atoms with Crippen molar-refractivity contribution >= 4 is 0 Å². The SMILES string of the molecule is CC1=C(C)C(C)(C(c2c(C)c(C)c(C)c(C)c2C)(c2c(C)c(C)c(C)c(C)c2C)C2(C)C(C)=C(C)C(C)=C2C)C(C)=C1C. The Balaban J connectivity index is 2.62. The van der Waals surface area contributed by atoms with Crippen LogP contribution in [0.1, 0.15) is 136 Å². The molecular weight excluding hydrogens is 516 g/mol. The highest BCUT2D eigenvalue weighted by Crippen LogP contribution is 2.73. The molecule has 0 aliphatic heterocycles. The van der Waals surface area contributed by atoms with Gasteiger partial charge in [-0.1, -0.05) is 36.1 Å². The molecule has 0 nitrogen and oxygen atoms in total. The van der Waals surface area contributed by atoms with E-state index in [2.05, 4.69) is 138 Å². The predicted octanol–water partition coefficient (Wildman–Crippen LogP) is 12.4. The molecule has 0 aromatic heterocycles. The molecule has 0 saturated heterocycles. The van der Waals surface area contributed by atoms with Crippen LogP contribution in [0, 0.1) is 80.1 Å². The van der Waals surface area contributed by atoms with E-state index in [1.807, 2.05) is 0 Å². The van der Waals surface area contributed by atoms with Crippen molar-refractivity contribution in [3.63, 3.8) is 0 Å². The summed E-state index contributed by atoms with van der Waals surface area (Å²) in [7, 11) is 0. The molecule has 43 heavy (non-hydrogen) atoms. The third-order valence-corrected chi connectivity index (χ3v) is 14.6. The van der Waals surface area contributed by atoms with Crippen LogP contribution in [0.15, 0.2) is 44.6 Å². The lowest BCUT2D eigenvalue weighted by Gasteiger charge is -2.62. The summed E-state index contributed by atoms with van der Waals surface area (Å²) < 4.78 is 0. The second-order valence-corrected chi connectivity index (χ2v) is 15.0. The van der Waals surface area contributed by atoms with E-state index in [1.165, 1.54) is 100 Å². The fraction of sp³-hybridized carbons (Fsp3) is 0.535. The summed E-state index contributed by atoms with van der Waals surface area (Å²) in [6.45, 7) is 48.4. The highest BCUT2D eigenvalue weighted by Gasteiger charge is 2.67. The van der Waals surface area contributed by atoms with Gasteiger partial charge in [-0.05, 0) is 214 Å². The summed E-state index contributed by atoms with van der Waals surface area (Å²) in [5, 5.41) is 0. The topological polar surface area (TPSA) is 0 Å². The summed E-state index contributed by atoms with van der Waals surface area (Å²) in [6.07, 6.45) is 0. The molecule has 0 fully saturated rings. The van der Waals surface area contributed by atoms with Gasteiger partial charge in [-0.3, -0.25) is 0 Å². The maximum atomic E-state index is 2.62. The quantitative estimate of drug-likeness (QED) is 0.339. The van der Waals surface area contributed by atoms with Gasteiger partial charge in [-0.2, -0.15) is 0 Å². The van der Waals surface area contributed by atoms with Crippen molar-refractivity contribution in [1.82, 2.24) is 0 Å². The van der Waals surface area contributed by atoms with Gasteiger partial charge in [-0.15, -0.1) is 0 Å². The standard InChI is InChI=1S/C43H60/c1-21-23(3)31(11)39(32(12)24(21)4)43(41(19)35(15)27(7)28(8)36(41)16,42(20)37(17)29(9)30(10)38(42)18)40-33(13)25(5)22(2)26(6)34(40)14/h1-20H3. The van der Waals surface area contributed by atoms with Crippen molar-refractivity contribution in [3.8, 4) is 0 Å². The largest absolute Gasteiger partial charge is 0.0589 e. The summed E-state index contributed by atoms with van der Waals surface area (Å²) in [6, 6.07) is 0. The molecule has 4 rings (SSSR count). The highest BCUT2D eigenvalue weighted by atomic mass is 14.7. The van der Waals surface area contributed by atoms with Gasteiger partial charge in [0.15, 0.2) is 0 Å². The Kier molecular flexibility index (Phi) is 7.91. The van der Waals surface area contributed by atoms with Gasteiger partial charge in [0.25, 0.3) is 0 Å². The monoisotopic (exact) mass is 576 g/mol. The van der Waals surface area contributed by atoms with Crippen molar-refractivity contribution in [3.05, 3.63) is 111 Å². The van der Waals surface area contributed by atoms with E-state index in [1.54, 1.807) is 11.1 Å². The zero-order valence-electron chi connectivity index (χ0n) is 31.5. The molecule has 0 radical (unpaired) electrons. The van der Waals surface area contributed by atoms with Gasteiger partial charge in [-0.25, -0.2) is 0 Å². The summed E-state index contributed by atoms with van der Waals surface area (Å²) in [5.41, 5.74) is 28.6. The van der Waals surface area contributed by atoms with Crippen LogP contribution in [-0.2, 0) is 5.41 Å². The van der Waals surface area contributed by atoms with Crippen molar-refractivity contribution in [2.75, 3.05) is 0 Å². The van der Waals surface area contributed by atoms with Gasteiger partial charge >= 0.3 is 0 Å². The molecule has 0 heteroatoms. The van der Waals surface area contributed by atoms with Crippen LogP contribution in [-0.4, -0.2) is 0 Å². The summed E-state index contributed by atoms with van der Waals surface area (Å²) >= 11 is 0. The molecule has 2 aliphatic rings. The van der Waals surface area contributed by atoms with Crippen molar-refractivity contribution in [1.29, 1.82) is 0 Å². The number of benzene rings is 2. The lowest BCUT2D eigenvalue weighted by atomic mass is 9.39. The smallest absolute Gasteiger partial charge is 0.0469 e. The van der Waals surface area contributed by atoms with Crippen LogP contribution in [0.2, 0.25) is 0 Å². The van der Waals surface area contributed by atoms with Gasteiger partial charge in [0.1, 0.15) is 0 Å². The molecule has 0 amide bonds. The van der Waals surface area contributed by atoms with E-state index in [4.69, 9.17) is 0 Å². The summed E-state index contributed by atoms with van der Waals surface area (Å²) in [4.78, 5) is 0. The molecule has 0 unspecified atom stereocenters. The Morgan fingerprint density at radius 3 is 0.628 bits per heavy atom. The second-order valence-electron chi connectivity index (χ2n) is 15.0. The fourth-order valence-corrected chi connectivity index (χ4v) is 10.1. The molecule has 0 N–H and O–H groups in total. The van der Waals surface area contributed by atoms with Crippen LogP contribution in [0.4, 0.5) is 0 Å². The van der Waals surface area contributed by atoms with E-state index >= 15 is 0 Å². The predicted molar refractivity (Wildman–Crippen MR) is 191 cm³/mol. The lowest BCUT2D eigenvalue weighted by molar-refractivity contribution is 0.146. The number of rotatable bonds is 4. The maximum absolute atomic E-state index is 2.62. The van der Waals surface area contributed by atoms with E-state index in [-0.39, 0.29) is 10.8 Å². The molecule has 0 heterocycles. The Hall–Kier alpha value is -2.60. The molecule has 0 saturated carbocycles. The highest BCUT2D eigenvalue weighted by molar-refractivity contribution is 5.72. The molecule has 2 aromatic carbocycles. The van der Waals surface area contributed by atoms with E-state index in [9.17, 15) is 0 Å². The Morgan fingerprint density at radius 1 is 0.279 bits per heavy atom. The van der Waals surface area contributed by atoms with Gasteiger partial charge < -0.3 is 0 Å². The Labute approximate surface area is 265 Å². The van der Waals surface area contributed by atoms with E-state index in [0.29, 0.717) is 0 Å². The molecule has 0 bridgehead atoms. The van der Waals surface area contributed by atoms with Crippen molar-refractivity contribution < 1.29 is 0 Å². The van der Waals surface area contributed by atoms with Crippen LogP contribution in [0.5, 0.6) is 0 Å². The number of hydrogen-bond donors (Lipinski definition) is 0. The molecular formula is C43H60. The average molecular weight is 577 g/mol. The third-order valence-electron chi connectivity index (χ3n) is 14.6. The first-order chi connectivity index (χ1) is 19.6. The van der Waals surface area contributed by atoms with Gasteiger partial charge in [0, 0.05) is 16.2 Å². The average Bonchev–Trinajstić information content (AvgIpc) is 3.22. The fourth-order valence-electron chi connectivity index (χ4n) is 10.1. The minimum Gasteiger partial charge on any atom is -0.0589 e. The Morgan fingerprint density at radius 2 is 0.442 bits per heavy atom. The molecule has 0 spiro atoms. The van der Waals surface area contributed by atoms with E-state index in [0.717, 1.165) is 0 Å². The van der Waals surface area contributed by atoms with Gasteiger partial charge in [0.05, 0.1) is 0 Å². The first kappa shape index (κ1) is 33.3. The molecule has 2 aliphatic carbocycles. The zero-order valence-corrected chi connectivity index (χ0v) is 31.5. The van der Waals surface area contributed by atoms with Crippen LogP contribution in [0.25, 0.3) is 0 Å². The first-order valence-corrected chi connectivity index (χ1v) is 16.5. The number of hydrogen-bond acceptors (Lipinski definition) is 0. The summed E-state index contributed by atoms with van der Waals surface area (Å²) in [5.74, 6) is 0. The van der Waals surface area contributed by atoms with Crippen molar-refractivity contribution in [2.45, 2.75) is 144 Å². The third kappa shape index (κ3) is 3.62. The van der Waals surface area contributed by atoms with Crippen LogP contribution < -0.4 is 0 Å². The first-order valence-electron chi connectivity index (χ1n) is 16.5. The number of allylic oxidation sites excluding steroid dienone is 8. The van der Waals surface area contributed by atoms with E-state index < -0.39 is 5.41 Å². The van der Waals surface area contributed by atoms with Crippen LogP contribution in [0.3, 0.4) is 0 Å². The molecule has 2 aromatic rings. The Bertz CT molecular complexity index is 1500. The minimum atomic E-state index is -0.394. The second kappa shape index (κ2) is 10.2. The van der Waals surface area contributed by atoms with Crippen molar-refractivity contribution in [2.24, 2.45) is 10.8 Å². The van der Waals surface area contributed by atoms with Crippen LogP contribution >= 0.6 is 0 Å². The minimum absolute atomic E-state index is 0.253. The lowest BCUT2D eigenvalue weighted by Crippen LogP contribution is -2.58.